The molecule has 2 atom stereocenters. The number of carbonyl (C=O) groups is 2. The molecule has 2 saturated heterocycles. The molecule has 0 bridgehead atoms. The van der Waals surface area contributed by atoms with Gasteiger partial charge in [0.15, 0.2) is 0 Å². The summed E-state index contributed by atoms with van der Waals surface area (Å²) in [6.07, 6.45) is -0.862. The molecule has 0 unspecified atom stereocenters. The Bertz CT molecular complexity index is 635. The van der Waals surface area contributed by atoms with E-state index in [2.05, 4.69) is 5.32 Å². The zero-order chi connectivity index (χ0) is 15.9. The lowest BCUT2D eigenvalue weighted by Gasteiger charge is -2.21. The zero-order valence-corrected chi connectivity index (χ0v) is 12.3. The van der Waals surface area contributed by atoms with E-state index < -0.39 is 35.2 Å². The van der Waals surface area contributed by atoms with E-state index in [0.717, 1.165) is 22.8 Å². The number of thioether (sulfide) groups is 1. The van der Waals surface area contributed by atoms with Gasteiger partial charge >= 0.3 is 6.03 Å². The van der Waals surface area contributed by atoms with Crippen LogP contribution in [0.15, 0.2) is 18.2 Å². The van der Waals surface area contributed by atoms with Gasteiger partial charge in [-0.15, -0.1) is 0 Å². The highest BCUT2D eigenvalue weighted by molar-refractivity contribution is 7.99. The highest BCUT2D eigenvalue weighted by atomic mass is 32.2. The predicted molar refractivity (Wildman–Crippen MR) is 76.2 cm³/mol. The Kier molecular flexibility index (Phi) is 3.82. The van der Waals surface area contributed by atoms with Crippen LogP contribution < -0.4 is 5.32 Å². The second-order valence-corrected chi connectivity index (χ2v) is 6.52. The van der Waals surface area contributed by atoms with Gasteiger partial charge in [-0.25, -0.2) is 13.6 Å². The number of imide groups is 1. The fourth-order valence-electron chi connectivity index (χ4n) is 2.72. The molecular weight excluding hydrogens is 314 g/mol. The van der Waals surface area contributed by atoms with Crippen molar-refractivity contribution in [1.29, 1.82) is 0 Å². The van der Waals surface area contributed by atoms with Crippen LogP contribution in [-0.2, 0) is 4.79 Å². The minimum Gasteiger partial charge on any atom is -0.386 e. The second kappa shape index (κ2) is 5.51. The van der Waals surface area contributed by atoms with Crippen LogP contribution in [-0.4, -0.2) is 45.5 Å². The number of aliphatic hydroxyl groups excluding tert-OH is 1. The summed E-state index contributed by atoms with van der Waals surface area (Å²) in [5, 5.41) is 12.7. The Morgan fingerprint density at radius 1 is 1.41 bits per heavy atom. The lowest BCUT2D eigenvalue weighted by Crippen LogP contribution is -2.47. The van der Waals surface area contributed by atoms with E-state index in [4.69, 9.17) is 0 Å². The Balaban J connectivity index is 1.77. The summed E-state index contributed by atoms with van der Waals surface area (Å²) in [4.78, 5) is 25.3. The topological polar surface area (TPSA) is 69.6 Å². The van der Waals surface area contributed by atoms with Gasteiger partial charge in [0.1, 0.15) is 17.2 Å². The van der Waals surface area contributed by atoms with Gasteiger partial charge in [-0.2, -0.15) is 11.8 Å². The molecule has 5 nitrogen and oxygen atoms in total. The van der Waals surface area contributed by atoms with Gasteiger partial charge in [0, 0.05) is 17.4 Å². The van der Waals surface area contributed by atoms with E-state index in [1.807, 2.05) is 0 Å². The molecular formula is C14H14F2N2O3S. The van der Waals surface area contributed by atoms with Crippen molar-refractivity contribution in [3.63, 3.8) is 0 Å². The molecule has 2 N–H and O–H groups in total. The molecule has 0 aliphatic carbocycles. The third-order valence-corrected chi connectivity index (χ3v) is 5.13. The van der Waals surface area contributed by atoms with Crippen molar-refractivity contribution in [2.24, 2.45) is 0 Å². The third-order valence-electron chi connectivity index (χ3n) is 3.94. The van der Waals surface area contributed by atoms with Crippen molar-refractivity contribution in [1.82, 2.24) is 10.2 Å². The number of urea groups is 1. The van der Waals surface area contributed by atoms with Gasteiger partial charge in [0.05, 0.1) is 12.6 Å². The molecule has 0 saturated carbocycles. The molecule has 3 amide bonds. The number of aliphatic hydroxyl groups is 1. The van der Waals surface area contributed by atoms with Crippen molar-refractivity contribution >= 4 is 23.7 Å². The first kappa shape index (κ1) is 15.2. The molecule has 1 aromatic carbocycles. The van der Waals surface area contributed by atoms with Gasteiger partial charge in [0.25, 0.3) is 5.91 Å². The fraction of sp³-hybridized carbons (Fsp3) is 0.429. The molecule has 3 rings (SSSR count). The van der Waals surface area contributed by atoms with E-state index in [9.17, 15) is 23.5 Å². The van der Waals surface area contributed by atoms with Crippen molar-refractivity contribution in [2.45, 2.75) is 18.1 Å². The standard InChI is InChI=1S/C14H14F2N2O3S/c15-8-1-2-9(10(16)5-8)11(19)6-18-12(20)14(17-13(18)21)3-4-22-7-14/h1-2,5,11,19H,3-4,6-7H2,(H,17,21)/t11-,14-/m0/s1. The van der Waals surface area contributed by atoms with Crippen molar-refractivity contribution in [3.8, 4) is 0 Å². The Morgan fingerprint density at radius 2 is 2.18 bits per heavy atom. The SMILES string of the molecule is O=C1N[C@]2(CCSC2)C(=O)N1C[C@H](O)c1ccc(F)cc1F. The zero-order valence-electron chi connectivity index (χ0n) is 11.5. The van der Waals surface area contributed by atoms with Crippen LogP contribution in [0.25, 0.3) is 0 Å². The molecule has 118 valence electrons. The summed E-state index contributed by atoms with van der Waals surface area (Å²) in [6, 6.07) is 2.19. The second-order valence-electron chi connectivity index (χ2n) is 5.41. The van der Waals surface area contributed by atoms with Crippen LogP contribution in [0.4, 0.5) is 13.6 Å². The maximum absolute atomic E-state index is 13.7. The Labute approximate surface area is 129 Å². The molecule has 0 aromatic heterocycles. The smallest absolute Gasteiger partial charge is 0.325 e. The number of nitrogens with one attached hydrogen (secondary N) is 1. The van der Waals surface area contributed by atoms with Gasteiger partial charge < -0.3 is 10.4 Å². The summed E-state index contributed by atoms with van der Waals surface area (Å²) in [7, 11) is 0. The van der Waals surface area contributed by atoms with E-state index in [-0.39, 0.29) is 12.1 Å². The van der Waals surface area contributed by atoms with Crippen molar-refractivity contribution in [2.75, 3.05) is 18.1 Å². The first-order valence-electron chi connectivity index (χ1n) is 6.78. The van der Waals surface area contributed by atoms with Gasteiger partial charge in [-0.1, -0.05) is 6.07 Å². The Hall–Kier alpha value is -1.67. The van der Waals surface area contributed by atoms with E-state index >= 15 is 0 Å². The predicted octanol–water partition coefficient (Wildman–Crippen LogP) is 1.43. The molecule has 0 radical (unpaired) electrons. The van der Waals surface area contributed by atoms with Crippen LogP contribution in [0, 0.1) is 11.6 Å². The maximum Gasteiger partial charge on any atom is 0.325 e. The number of rotatable bonds is 3. The molecule has 22 heavy (non-hydrogen) atoms. The average molecular weight is 328 g/mol. The highest BCUT2D eigenvalue weighted by Gasteiger charge is 2.53. The summed E-state index contributed by atoms with van der Waals surface area (Å²) < 4.78 is 26.5. The third kappa shape index (κ3) is 2.46. The van der Waals surface area contributed by atoms with Crippen molar-refractivity contribution in [3.05, 3.63) is 35.4 Å². The molecule has 1 spiro atoms. The number of hydrogen-bond acceptors (Lipinski definition) is 4. The number of nitrogens with zero attached hydrogens (tertiary/aromatic N) is 1. The van der Waals surface area contributed by atoms with Crippen LogP contribution in [0.1, 0.15) is 18.1 Å². The lowest BCUT2D eigenvalue weighted by atomic mass is 9.99. The molecule has 2 heterocycles. The van der Waals surface area contributed by atoms with Crippen LogP contribution in [0.5, 0.6) is 0 Å². The summed E-state index contributed by atoms with van der Waals surface area (Å²) >= 11 is 1.57. The Morgan fingerprint density at radius 3 is 2.82 bits per heavy atom. The average Bonchev–Trinajstić information content (AvgIpc) is 3.00. The summed E-state index contributed by atoms with van der Waals surface area (Å²) in [6.45, 7) is -0.361. The first-order valence-corrected chi connectivity index (χ1v) is 7.93. The maximum atomic E-state index is 13.7. The van der Waals surface area contributed by atoms with Crippen molar-refractivity contribution < 1.29 is 23.5 Å². The number of carbonyl (C=O) groups excluding carboxylic acids is 2. The molecule has 1 aromatic rings. The monoisotopic (exact) mass is 328 g/mol. The quantitative estimate of drug-likeness (QED) is 0.824. The number of hydrogen-bond donors (Lipinski definition) is 2. The number of β-amino-alcohol motifs (C(OH)–C–C–N with tert-alkyl or cyclic N) is 1. The number of halogens is 2. The van der Waals surface area contributed by atoms with Crippen LogP contribution in [0.2, 0.25) is 0 Å². The molecule has 2 aliphatic rings. The lowest BCUT2D eigenvalue weighted by molar-refractivity contribution is -0.131. The normalized spacial score (nSPS) is 25.9. The highest BCUT2D eigenvalue weighted by Crippen LogP contribution is 2.34. The fourth-order valence-corrected chi connectivity index (χ4v) is 4.04. The minimum atomic E-state index is -1.40. The minimum absolute atomic E-state index is 0.149. The first-order chi connectivity index (χ1) is 10.4. The summed E-state index contributed by atoms with van der Waals surface area (Å²) in [5.41, 5.74) is -1.05. The molecule has 2 aliphatic heterocycles. The van der Waals surface area contributed by atoms with Gasteiger partial charge in [0.2, 0.25) is 0 Å². The number of amides is 3. The van der Waals surface area contributed by atoms with E-state index in [0.29, 0.717) is 18.2 Å². The van der Waals surface area contributed by atoms with E-state index in [1.54, 1.807) is 11.8 Å². The summed E-state index contributed by atoms with van der Waals surface area (Å²) in [5.74, 6) is -0.801. The number of benzene rings is 1. The van der Waals surface area contributed by atoms with Gasteiger partial charge in [-0.3, -0.25) is 9.69 Å². The van der Waals surface area contributed by atoms with E-state index in [1.165, 1.54) is 0 Å². The largest absolute Gasteiger partial charge is 0.386 e. The van der Waals surface area contributed by atoms with Gasteiger partial charge in [-0.05, 0) is 18.2 Å². The molecule has 2 fully saturated rings. The van der Waals surface area contributed by atoms with Crippen LogP contribution >= 0.6 is 11.8 Å². The van der Waals surface area contributed by atoms with Crippen LogP contribution in [0.3, 0.4) is 0 Å². The molecule has 8 heteroatoms.